The molecule has 2 aliphatic heterocycles. The summed E-state index contributed by atoms with van der Waals surface area (Å²) in [7, 11) is 0. The van der Waals surface area contributed by atoms with E-state index in [1.54, 1.807) is 0 Å². The van der Waals surface area contributed by atoms with E-state index in [1.165, 1.54) is 11.1 Å². The molecule has 122 valence electrons. The fraction of sp³-hybridized carbons (Fsp3) is 0.600. The van der Waals surface area contributed by atoms with Crippen LogP contribution in [-0.2, 0) is 14.3 Å². The lowest BCUT2D eigenvalue weighted by Crippen LogP contribution is -2.40. The Hall–Kier alpha value is -1.54. The zero-order valence-corrected chi connectivity index (χ0v) is 12.6. The molecular formula is C15H21NO6. The lowest BCUT2D eigenvalue weighted by molar-refractivity contribution is -0.134. The number of rotatable bonds is 4. The maximum atomic E-state index is 12.1. The van der Waals surface area contributed by atoms with Crippen LogP contribution in [0.5, 0.6) is 0 Å². The second kappa shape index (κ2) is 6.70. The van der Waals surface area contributed by atoms with Crippen molar-refractivity contribution in [3.63, 3.8) is 0 Å². The average molecular weight is 311 g/mol. The van der Waals surface area contributed by atoms with E-state index >= 15 is 0 Å². The lowest BCUT2D eigenvalue weighted by Gasteiger charge is -2.27. The number of ether oxygens (including phenoxy) is 1. The largest absolute Gasteiger partial charge is 0.394 e. The average Bonchev–Trinajstić information content (AvgIpc) is 2.74. The summed E-state index contributed by atoms with van der Waals surface area (Å²) in [6.45, 7) is 3.66. The monoisotopic (exact) mass is 311 g/mol. The molecule has 2 rings (SSSR count). The minimum absolute atomic E-state index is 0.143. The second-order valence-corrected chi connectivity index (χ2v) is 5.77. The molecule has 7 nitrogen and oxygen atoms in total. The number of hydrogen-bond acceptors (Lipinski definition) is 6. The quantitative estimate of drug-likeness (QED) is 0.460. The number of carbonyl (C=O) groups excluding carboxylic acids is 2. The van der Waals surface area contributed by atoms with Crippen LogP contribution in [0.3, 0.4) is 0 Å². The summed E-state index contributed by atoms with van der Waals surface area (Å²) in [5.74, 6) is -0.758. The van der Waals surface area contributed by atoms with Gasteiger partial charge in [-0.25, -0.2) is 0 Å². The van der Waals surface area contributed by atoms with Gasteiger partial charge in [0.05, 0.1) is 13.0 Å². The van der Waals surface area contributed by atoms with Crippen LogP contribution < -0.4 is 0 Å². The number of ketones is 1. The molecule has 0 aromatic carbocycles. The number of carbonyl (C=O) groups is 2. The number of aliphatic hydroxyl groups is 3. The van der Waals surface area contributed by atoms with E-state index in [4.69, 9.17) is 9.84 Å². The highest BCUT2D eigenvalue weighted by atomic mass is 16.6. The van der Waals surface area contributed by atoms with Crippen LogP contribution in [-0.4, -0.2) is 69.5 Å². The van der Waals surface area contributed by atoms with Crippen LogP contribution in [0.2, 0.25) is 0 Å². The summed E-state index contributed by atoms with van der Waals surface area (Å²) in [5.41, 5.74) is 1.18. The normalized spacial score (nSPS) is 32.2. The minimum atomic E-state index is -1.31. The van der Waals surface area contributed by atoms with Gasteiger partial charge < -0.3 is 25.0 Å². The first-order chi connectivity index (χ1) is 10.3. The Bertz CT molecular complexity index is 522. The third-order valence-electron chi connectivity index (χ3n) is 3.79. The molecule has 0 aromatic heterocycles. The second-order valence-electron chi connectivity index (χ2n) is 5.77. The maximum absolute atomic E-state index is 12.1. The van der Waals surface area contributed by atoms with E-state index in [-0.39, 0.29) is 17.9 Å². The van der Waals surface area contributed by atoms with Crippen molar-refractivity contribution in [3.05, 3.63) is 23.4 Å². The molecule has 2 aliphatic rings. The van der Waals surface area contributed by atoms with Crippen LogP contribution in [0.15, 0.2) is 23.4 Å². The van der Waals surface area contributed by atoms with E-state index < -0.39 is 36.8 Å². The molecule has 4 atom stereocenters. The van der Waals surface area contributed by atoms with Gasteiger partial charge in [0.25, 0.3) is 0 Å². The van der Waals surface area contributed by atoms with Gasteiger partial charge >= 0.3 is 0 Å². The van der Waals surface area contributed by atoms with Gasteiger partial charge in [0.2, 0.25) is 5.91 Å². The molecule has 0 bridgehead atoms. The topological polar surface area (TPSA) is 107 Å². The molecule has 2 heterocycles. The van der Waals surface area contributed by atoms with Crippen molar-refractivity contribution in [1.82, 2.24) is 4.90 Å². The summed E-state index contributed by atoms with van der Waals surface area (Å²) >= 11 is 0. The van der Waals surface area contributed by atoms with Gasteiger partial charge in [-0.05, 0) is 13.8 Å². The van der Waals surface area contributed by atoms with Gasteiger partial charge in [0.15, 0.2) is 5.78 Å². The van der Waals surface area contributed by atoms with Gasteiger partial charge in [0.1, 0.15) is 24.4 Å². The predicted octanol–water partition coefficient (Wildman–Crippen LogP) is -0.881. The first-order valence-corrected chi connectivity index (χ1v) is 7.15. The predicted molar refractivity (Wildman–Crippen MR) is 76.6 cm³/mol. The molecule has 0 radical (unpaired) electrons. The molecule has 0 spiro atoms. The van der Waals surface area contributed by atoms with Gasteiger partial charge in [-0.3, -0.25) is 9.59 Å². The summed E-state index contributed by atoms with van der Waals surface area (Å²) < 4.78 is 5.36. The minimum Gasteiger partial charge on any atom is -0.394 e. The standard InChI is InChI=1S/C15H21NO6/c1-8(2)3-4-16-6-9(10(18)5-12(16)19)15-14(21)13(20)11(7-17)22-15/h3,6,11,13-15,17,20-21H,4-5,7H2,1-2H3/t11-,13-,14-,15+/m1/s1. The van der Waals surface area contributed by atoms with Crippen LogP contribution in [0, 0.1) is 0 Å². The number of aliphatic hydroxyl groups excluding tert-OH is 3. The fourth-order valence-corrected chi connectivity index (χ4v) is 2.48. The first kappa shape index (κ1) is 16.8. The molecule has 22 heavy (non-hydrogen) atoms. The smallest absolute Gasteiger partial charge is 0.234 e. The Kier molecular flexibility index (Phi) is 5.12. The zero-order valence-electron chi connectivity index (χ0n) is 12.6. The van der Waals surface area contributed by atoms with Crippen molar-refractivity contribution in [2.24, 2.45) is 0 Å². The van der Waals surface area contributed by atoms with E-state index in [1.807, 2.05) is 19.9 Å². The number of amides is 1. The van der Waals surface area contributed by atoms with E-state index in [2.05, 4.69) is 0 Å². The van der Waals surface area contributed by atoms with Gasteiger partial charge in [-0.1, -0.05) is 11.6 Å². The molecule has 0 unspecified atom stereocenters. The number of nitrogens with zero attached hydrogens (tertiary/aromatic N) is 1. The highest BCUT2D eigenvalue weighted by Gasteiger charge is 2.46. The molecular weight excluding hydrogens is 290 g/mol. The highest BCUT2D eigenvalue weighted by Crippen LogP contribution is 2.29. The third-order valence-corrected chi connectivity index (χ3v) is 3.79. The highest BCUT2D eigenvalue weighted by molar-refractivity contribution is 6.10. The molecule has 0 saturated carbocycles. The van der Waals surface area contributed by atoms with Crippen molar-refractivity contribution in [3.8, 4) is 0 Å². The Morgan fingerprint density at radius 1 is 1.36 bits per heavy atom. The summed E-state index contributed by atoms with van der Waals surface area (Å²) in [5, 5.41) is 28.9. The van der Waals surface area contributed by atoms with Crippen molar-refractivity contribution < 1.29 is 29.6 Å². The number of allylic oxidation sites excluding steroid dienone is 1. The van der Waals surface area contributed by atoms with Crippen LogP contribution in [0.4, 0.5) is 0 Å². The SMILES string of the molecule is CC(C)=CCN1C=C([C@@H]2O[C@H](CO)[C@@H](O)[C@H]2O)C(=O)CC1=O. The lowest BCUT2D eigenvalue weighted by atomic mass is 9.95. The van der Waals surface area contributed by atoms with Gasteiger partial charge in [-0.15, -0.1) is 0 Å². The third kappa shape index (κ3) is 3.27. The van der Waals surface area contributed by atoms with E-state index in [9.17, 15) is 19.8 Å². The summed E-state index contributed by atoms with van der Waals surface area (Å²) in [6.07, 6.45) is -1.65. The maximum Gasteiger partial charge on any atom is 0.234 e. The van der Waals surface area contributed by atoms with Crippen molar-refractivity contribution in [1.29, 1.82) is 0 Å². The van der Waals surface area contributed by atoms with Crippen LogP contribution >= 0.6 is 0 Å². The number of hydrogen-bond donors (Lipinski definition) is 3. The molecule has 0 aliphatic carbocycles. The van der Waals surface area contributed by atoms with Gasteiger partial charge in [0, 0.05) is 18.3 Å². The van der Waals surface area contributed by atoms with Crippen LogP contribution in [0.1, 0.15) is 20.3 Å². The van der Waals surface area contributed by atoms with Crippen LogP contribution in [0.25, 0.3) is 0 Å². The molecule has 1 saturated heterocycles. The first-order valence-electron chi connectivity index (χ1n) is 7.15. The molecule has 1 fully saturated rings. The summed E-state index contributed by atoms with van der Waals surface area (Å²) in [4.78, 5) is 25.3. The fourth-order valence-electron chi connectivity index (χ4n) is 2.48. The Morgan fingerprint density at radius 2 is 2.05 bits per heavy atom. The molecule has 0 aromatic rings. The molecule has 7 heteroatoms. The van der Waals surface area contributed by atoms with Crippen molar-refractivity contribution >= 4 is 11.7 Å². The van der Waals surface area contributed by atoms with E-state index in [0.29, 0.717) is 6.54 Å². The van der Waals surface area contributed by atoms with E-state index in [0.717, 1.165) is 5.57 Å². The Balaban J connectivity index is 2.24. The zero-order chi connectivity index (χ0) is 16.4. The Labute approximate surface area is 128 Å². The number of Topliss-reactive ketones (excluding diaryl/α,β-unsaturated/α-hetero) is 1. The van der Waals surface area contributed by atoms with Crippen molar-refractivity contribution in [2.45, 2.75) is 44.7 Å². The molecule has 3 N–H and O–H groups in total. The Morgan fingerprint density at radius 3 is 2.59 bits per heavy atom. The molecule has 1 amide bonds. The summed E-state index contributed by atoms with van der Waals surface area (Å²) in [6, 6.07) is 0. The van der Waals surface area contributed by atoms with Gasteiger partial charge in [-0.2, -0.15) is 0 Å². The van der Waals surface area contributed by atoms with Crippen molar-refractivity contribution in [2.75, 3.05) is 13.2 Å².